The van der Waals surface area contributed by atoms with Gasteiger partial charge in [0.1, 0.15) is 18.4 Å². The lowest BCUT2D eigenvalue weighted by atomic mass is 10.1. The van der Waals surface area contributed by atoms with E-state index in [0.29, 0.717) is 5.84 Å². The summed E-state index contributed by atoms with van der Waals surface area (Å²) < 4.78 is 5.50. The van der Waals surface area contributed by atoms with Crippen LogP contribution in [0.5, 0.6) is 0 Å². The van der Waals surface area contributed by atoms with Gasteiger partial charge in [0.05, 0.1) is 19.0 Å². The summed E-state index contributed by atoms with van der Waals surface area (Å²) in [6, 6.07) is -0.820. The van der Waals surface area contributed by atoms with Crippen molar-refractivity contribution in [1.29, 1.82) is 0 Å². The number of amidine groups is 1. The number of aliphatic imine (C=N–C) groups is 3. The van der Waals surface area contributed by atoms with Crippen LogP contribution in [-0.2, 0) is 9.53 Å². The molecule has 3 aliphatic heterocycles. The molecule has 0 radical (unpaired) electrons. The molecule has 110 valence electrons. The summed E-state index contributed by atoms with van der Waals surface area (Å²) in [6.07, 6.45) is 0.585. The predicted molar refractivity (Wildman–Crippen MR) is 69.5 cm³/mol. The summed E-state index contributed by atoms with van der Waals surface area (Å²) in [5, 5.41) is 22.7. The molecule has 3 heterocycles. The Kier molecular flexibility index (Phi) is 3.18. The molecule has 1 saturated heterocycles. The van der Waals surface area contributed by atoms with Gasteiger partial charge in [-0.3, -0.25) is 14.7 Å². The van der Waals surface area contributed by atoms with Gasteiger partial charge in [0.15, 0.2) is 11.8 Å². The van der Waals surface area contributed by atoms with E-state index in [1.165, 1.54) is 11.2 Å². The highest BCUT2D eigenvalue weighted by atomic mass is 16.6. The van der Waals surface area contributed by atoms with E-state index in [2.05, 4.69) is 25.0 Å². The normalized spacial score (nSPS) is 37.4. The van der Waals surface area contributed by atoms with Crippen LogP contribution >= 0.6 is 0 Å². The highest BCUT2D eigenvalue weighted by Gasteiger charge is 2.51. The number of fused-ring (bicyclic) bond motifs is 1. The summed E-state index contributed by atoms with van der Waals surface area (Å²) in [5.41, 5.74) is 6.79. The summed E-state index contributed by atoms with van der Waals surface area (Å²) in [7, 11) is 0. The molecular weight excluding hydrogens is 282 g/mol. The quantitative estimate of drug-likeness (QED) is 0.378. The third-order valence-electron chi connectivity index (χ3n) is 3.49. The monoisotopic (exact) mass is 293 g/mol. The number of ether oxygens (including phenoxy) is 1. The highest BCUT2D eigenvalue weighted by molar-refractivity contribution is 6.19. The lowest BCUT2D eigenvalue weighted by molar-refractivity contribution is -0.122. The van der Waals surface area contributed by atoms with Gasteiger partial charge in [0.25, 0.3) is 5.91 Å². The smallest absolute Gasteiger partial charge is 0.279 e. The van der Waals surface area contributed by atoms with Crippen LogP contribution in [0, 0.1) is 0 Å². The number of nitrogens with zero attached hydrogens (tertiary/aromatic N) is 7. The Hall–Kier alpha value is -2.33. The van der Waals surface area contributed by atoms with Crippen molar-refractivity contribution in [2.75, 3.05) is 6.61 Å². The van der Waals surface area contributed by atoms with Gasteiger partial charge in [-0.05, 0) is 5.53 Å². The average molecular weight is 293 g/mol. The van der Waals surface area contributed by atoms with Gasteiger partial charge in [-0.2, -0.15) is 4.99 Å². The van der Waals surface area contributed by atoms with Crippen LogP contribution in [0.25, 0.3) is 10.4 Å². The number of carbonyl (C=O) groups excluding carboxylic acids is 1. The van der Waals surface area contributed by atoms with Crippen molar-refractivity contribution in [2.45, 2.75) is 30.5 Å². The van der Waals surface area contributed by atoms with Crippen molar-refractivity contribution in [3.8, 4) is 0 Å². The molecule has 1 amide bonds. The Morgan fingerprint density at radius 3 is 3.19 bits per heavy atom. The van der Waals surface area contributed by atoms with E-state index in [0.717, 1.165) is 6.34 Å². The largest absolute Gasteiger partial charge is 0.393 e. The fraction of sp³-hybridized carbons (Fsp3) is 0.600. The van der Waals surface area contributed by atoms with Crippen molar-refractivity contribution in [1.82, 2.24) is 4.90 Å². The van der Waals surface area contributed by atoms with Gasteiger partial charge in [-0.1, -0.05) is 5.11 Å². The molecule has 11 heteroatoms. The van der Waals surface area contributed by atoms with Crippen molar-refractivity contribution >= 4 is 24.4 Å². The van der Waals surface area contributed by atoms with Gasteiger partial charge in [0.2, 0.25) is 0 Å². The minimum Gasteiger partial charge on any atom is -0.393 e. The van der Waals surface area contributed by atoms with E-state index < -0.39 is 36.6 Å². The van der Waals surface area contributed by atoms with Crippen LogP contribution in [0.1, 0.15) is 6.42 Å². The lowest BCUT2D eigenvalue weighted by Gasteiger charge is -2.27. The number of azide groups is 1. The third kappa shape index (κ3) is 1.99. The predicted octanol–water partition coefficient (Wildman–Crippen LogP) is -1.23. The standard InChI is InChI=1S/C10H11N7O4/c11-16-15-10(2-18)5(19)1-6(21-10)17-4-14-7-8(17)12-3-13-9(7)20/h3-7,18-19H,1-2H2/t5-,6+,7?,10?/m0/s1. The maximum atomic E-state index is 11.6. The van der Waals surface area contributed by atoms with Crippen molar-refractivity contribution in [2.24, 2.45) is 20.1 Å². The minimum atomic E-state index is -1.75. The zero-order chi connectivity index (χ0) is 15.0. The van der Waals surface area contributed by atoms with Crippen molar-refractivity contribution in [3.05, 3.63) is 10.4 Å². The Bertz CT molecular complexity index is 611. The average Bonchev–Trinajstić information content (AvgIpc) is 3.03. The molecule has 1 fully saturated rings. The first kappa shape index (κ1) is 13.6. The highest BCUT2D eigenvalue weighted by Crippen LogP contribution is 2.35. The molecule has 11 nitrogen and oxygen atoms in total. The van der Waals surface area contributed by atoms with Gasteiger partial charge in [0, 0.05) is 11.3 Å². The SMILES string of the molecule is [N-]=[N+]=NC1(CO)O[C@@H](N2C=NC3C(=O)N=CN=C32)C[C@@H]1O. The van der Waals surface area contributed by atoms with Gasteiger partial charge in [-0.25, -0.2) is 4.99 Å². The molecule has 0 aromatic rings. The van der Waals surface area contributed by atoms with Gasteiger partial charge < -0.3 is 14.9 Å². The van der Waals surface area contributed by atoms with E-state index >= 15 is 0 Å². The maximum Gasteiger partial charge on any atom is 0.279 e. The van der Waals surface area contributed by atoms with Crippen molar-refractivity contribution in [3.63, 3.8) is 0 Å². The lowest BCUT2D eigenvalue weighted by Crippen LogP contribution is -2.45. The second kappa shape index (κ2) is 4.90. The molecule has 3 aliphatic rings. The molecule has 2 unspecified atom stereocenters. The number of carbonyl (C=O) groups is 1. The first-order valence-corrected chi connectivity index (χ1v) is 6.10. The number of rotatable bonds is 3. The molecule has 0 aromatic carbocycles. The molecule has 3 rings (SSSR count). The molecule has 0 bridgehead atoms. The van der Waals surface area contributed by atoms with Crippen LogP contribution in [-0.4, -0.2) is 70.2 Å². The minimum absolute atomic E-state index is 0.0582. The number of hydrogen-bond donors (Lipinski definition) is 2. The molecule has 0 saturated carbocycles. The Labute approximate surface area is 117 Å². The molecule has 21 heavy (non-hydrogen) atoms. The van der Waals surface area contributed by atoms with Gasteiger partial charge in [-0.15, -0.1) is 0 Å². The van der Waals surface area contributed by atoms with Crippen LogP contribution in [0.15, 0.2) is 20.1 Å². The van der Waals surface area contributed by atoms with Crippen LogP contribution in [0.4, 0.5) is 0 Å². The third-order valence-corrected chi connectivity index (χ3v) is 3.49. The number of hydrogen-bond acceptors (Lipinski definition) is 8. The Balaban J connectivity index is 1.85. The van der Waals surface area contributed by atoms with E-state index in [1.807, 2.05) is 0 Å². The second-order valence-corrected chi connectivity index (χ2v) is 4.66. The first-order chi connectivity index (χ1) is 10.1. The van der Waals surface area contributed by atoms with Crippen LogP contribution < -0.4 is 0 Å². The van der Waals surface area contributed by atoms with E-state index in [1.54, 1.807) is 0 Å². The van der Waals surface area contributed by atoms with Crippen LogP contribution in [0.2, 0.25) is 0 Å². The first-order valence-electron chi connectivity index (χ1n) is 6.10. The molecule has 0 aromatic heterocycles. The molecule has 4 atom stereocenters. The fourth-order valence-electron chi connectivity index (χ4n) is 2.40. The zero-order valence-electron chi connectivity index (χ0n) is 10.6. The molecule has 2 N–H and O–H groups in total. The Morgan fingerprint density at radius 2 is 2.48 bits per heavy atom. The molecular formula is C10H11N7O4. The number of aliphatic hydroxyl groups excluding tert-OH is 2. The zero-order valence-corrected chi connectivity index (χ0v) is 10.6. The van der Waals surface area contributed by atoms with Crippen molar-refractivity contribution < 1.29 is 19.7 Å². The number of aliphatic hydroxyl groups is 2. The van der Waals surface area contributed by atoms with E-state index in [4.69, 9.17) is 10.3 Å². The summed E-state index contributed by atoms with van der Waals surface area (Å²) in [5.74, 6) is -0.123. The topological polar surface area (TPSA) is 156 Å². The number of amides is 1. The van der Waals surface area contributed by atoms with E-state index in [-0.39, 0.29) is 6.42 Å². The summed E-state index contributed by atoms with van der Waals surface area (Å²) >= 11 is 0. The maximum absolute atomic E-state index is 11.6. The molecule has 0 aliphatic carbocycles. The second-order valence-electron chi connectivity index (χ2n) is 4.66. The summed E-state index contributed by atoms with van der Waals surface area (Å²) in [6.45, 7) is -0.671. The Morgan fingerprint density at radius 1 is 1.67 bits per heavy atom. The fourth-order valence-corrected chi connectivity index (χ4v) is 2.40. The van der Waals surface area contributed by atoms with Crippen LogP contribution in [0.3, 0.4) is 0 Å². The molecule has 0 spiro atoms. The van der Waals surface area contributed by atoms with E-state index in [9.17, 15) is 15.0 Å². The van der Waals surface area contributed by atoms with Gasteiger partial charge >= 0.3 is 0 Å². The summed E-state index contributed by atoms with van der Waals surface area (Å²) in [4.78, 5) is 27.1.